The Hall–Kier alpha value is -1.75. The first-order valence-electron chi connectivity index (χ1n) is 6.40. The van der Waals surface area contributed by atoms with E-state index in [0.717, 1.165) is 6.42 Å². The van der Waals surface area contributed by atoms with Crippen molar-refractivity contribution in [2.24, 2.45) is 5.92 Å². The number of hydrogen-bond donors (Lipinski definition) is 3. The highest BCUT2D eigenvalue weighted by molar-refractivity contribution is 6.31. The highest BCUT2D eigenvalue weighted by Gasteiger charge is 2.14. The maximum Gasteiger partial charge on any atom is 0.337 e. The van der Waals surface area contributed by atoms with E-state index in [4.69, 9.17) is 16.7 Å². The van der Waals surface area contributed by atoms with Crippen LogP contribution in [0.15, 0.2) is 18.2 Å². The number of urea groups is 1. The van der Waals surface area contributed by atoms with Crippen LogP contribution in [-0.4, -0.2) is 23.1 Å². The van der Waals surface area contributed by atoms with Gasteiger partial charge >= 0.3 is 12.0 Å². The lowest BCUT2D eigenvalue weighted by molar-refractivity contribution is 0.0698. The Balaban J connectivity index is 2.75. The molecule has 20 heavy (non-hydrogen) atoms. The normalized spacial score (nSPS) is 12.1. The van der Waals surface area contributed by atoms with Crippen LogP contribution in [0.3, 0.4) is 0 Å². The fourth-order valence-corrected chi connectivity index (χ4v) is 2.13. The second-order valence-electron chi connectivity index (χ2n) is 5.12. The fourth-order valence-electron chi connectivity index (χ4n) is 1.95. The lowest BCUT2D eigenvalue weighted by atomic mass is 10.1. The second kappa shape index (κ2) is 7.14. The summed E-state index contributed by atoms with van der Waals surface area (Å²) in [5.74, 6) is -0.654. The van der Waals surface area contributed by atoms with Gasteiger partial charge in [-0.2, -0.15) is 0 Å². The van der Waals surface area contributed by atoms with Crippen molar-refractivity contribution < 1.29 is 14.7 Å². The van der Waals surface area contributed by atoms with Gasteiger partial charge in [0, 0.05) is 11.1 Å². The van der Waals surface area contributed by atoms with Crippen molar-refractivity contribution in [3.8, 4) is 0 Å². The summed E-state index contributed by atoms with van der Waals surface area (Å²) in [6.45, 7) is 6.03. The molecule has 1 unspecified atom stereocenters. The molecule has 0 aliphatic carbocycles. The van der Waals surface area contributed by atoms with E-state index < -0.39 is 12.0 Å². The van der Waals surface area contributed by atoms with Crippen LogP contribution in [-0.2, 0) is 0 Å². The zero-order chi connectivity index (χ0) is 15.3. The minimum absolute atomic E-state index is 0.000984. The zero-order valence-corrected chi connectivity index (χ0v) is 12.5. The van der Waals surface area contributed by atoms with Crippen molar-refractivity contribution in [1.82, 2.24) is 5.32 Å². The molecule has 0 aliphatic heterocycles. The van der Waals surface area contributed by atoms with Crippen molar-refractivity contribution in [3.63, 3.8) is 0 Å². The maximum absolute atomic E-state index is 11.8. The van der Waals surface area contributed by atoms with Crippen molar-refractivity contribution in [2.75, 3.05) is 5.32 Å². The van der Waals surface area contributed by atoms with Gasteiger partial charge in [-0.25, -0.2) is 9.59 Å². The Morgan fingerprint density at radius 3 is 2.50 bits per heavy atom. The molecule has 3 N–H and O–H groups in total. The van der Waals surface area contributed by atoms with Gasteiger partial charge in [0.1, 0.15) is 0 Å². The van der Waals surface area contributed by atoms with E-state index in [9.17, 15) is 9.59 Å². The maximum atomic E-state index is 11.8. The third-order valence-corrected chi connectivity index (χ3v) is 2.90. The number of carbonyl (C=O) groups is 2. The predicted octanol–water partition coefficient (Wildman–Crippen LogP) is 3.59. The van der Waals surface area contributed by atoms with E-state index >= 15 is 0 Å². The number of carbonyl (C=O) groups excluding carboxylic acids is 1. The first-order chi connectivity index (χ1) is 9.29. The summed E-state index contributed by atoms with van der Waals surface area (Å²) < 4.78 is 0. The van der Waals surface area contributed by atoms with Gasteiger partial charge in [0.2, 0.25) is 0 Å². The average Bonchev–Trinajstić information content (AvgIpc) is 2.26. The van der Waals surface area contributed by atoms with Crippen molar-refractivity contribution in [3.05, 3.63) is 28.8 Å². The molecular formula is C14H19ClN2O3. The topological polar surface area (TPSA) is 78.4 Å². The molecule has 6 heteroatoms. The highest BCUT2D eigenvalue weighted by Crippen LogP contribution is 2.21. The number of benzene rings is 1. The molecule has 0 aromatic heterocycles. The van der Waals surface area contributed by atoms with Crippen molar-refractivity contribution in [2.45, 2.75) is 33.2 Å². The predicted molar refractivity (Wildman–Crippen MR) is 79.5 cm³/mol. The van der Waals surface area contributed by atoms with Crippen molar-refractivity contribution in [1.29, 1.82) is 0 Å². The van der Waals surface area contributed by atoms with E-state index in [0.29, 0.717) is 10.9 Å². The number of amides is 2. The van der Waals surface area contributed by atoms with E-state index in [1.165, 1.54) is 18.2 Å². The molecule has 0 bridgehead atoms. The Morgan fingerprint density at radius 2 is 1.95 bits per heavy atom. The average molecular weight is 299 g/mol. The second-order valence-corrected chi connectivity index (χ2v) is 5.56. The largest absolute Gasteiger partial charge is 0.478 e. The molecule has 2 amide bonds. The molecular weight excluding hydrogens is 280 g/mol. The number of carboxylic acid groups (broad SMARTS) is 1. The monoisotopic (exact) mass is 298 g/mol. The van der Waals surface area contributed by atoms with Crippen LogP contribution in [0.4, 0.5) is 10.5 Å². The number of anilines is 1. The molecule has 0 radical (unpaired) electrons. The van der Waals surface area contributed by atoms with Gasteiger partial charge in [0.25, 0.3) is 0 Å². The summed E-state index contributed by atoms with van der Waals surface area (Å²) in [5, 5.41) is 14.7. The molecule has 1 aromatic rings. The Kier molecular flexibility index (Phi) is 5.82. The number of aromatic carboxylic acids is 1. The Labute approximate surface area is 123 Å². The Bertz CT molecular complexity index is 503. The Morgan fingerprint density at radius 1 is 1.30 bits per heavy atom. The minimum atomic E-state index is -1.12. The molecule has 0 fully saturated rings. The number of hydrogen-bond acceptors (Lipinski definition) is 2. The number of nitrogens with one attached hydrogen (secondary N) is 2. The standard InChI is InChI=1S/C14H19ClN2O3/c1-8(2)6-9(3)16-14(20)17-12-7-10(15)4-5-11(12)13(18)19/h4-5,7-9H,6H2,1-3H3,(H,18,19)(H2,16,17,20). The van der Waals surface area contributed by atoms with E-state index in [-0.39, 0.29) is 17.3 Å². The number of halogens is 1. The zero-order valence-electron chi connectivity index (χ0n) is 11.7. The number of carboxylic acids is 1. The summed E-state index contributed by atoms with van der Waals surface area (Å²) in [4.78, 5) is 22.9. The molecule has 1 rings (SSSR count). The van der Waals surface area contributed by atoms with Gasteiger partial charge in [-0.1, -0.05) is 25.4 Å². The van der Waals surface area contributed by atoms with Gasteiger partial charge in [0.05, 0.1) is 11.3 Å². The summed E-state index contributed by atoms with van der Waals surface area (Å²) in [5.41, 5.74) is 0.181. The number of rotatable bonds is 5. The van der Waals surface area contributed by atoms with E-state index in [2.05, 4.69) is 24.5 Å². The summed E-state index contributed by atoms with van der Waals surface area (Å²) in [6, 6.07) is 3.80. The minimum Gasteiger partial charge on any atom is -0.478 e. The summed E-state index contributed by atoms with van der Waals surface area (Å²) >= 11 is 5.81. The lowest BCUT2D eigenvalue weighted by Gasteiger charge is -2.17. The van der Waals surface area contributed by atoms with Crippen LogP contribution in [0.2, 0.25) is 5.02 Å². The smallest absolute Gasteiger partial charge is 0.337 e. The van der Waals surface area contributed by atoms with E-state index in [1.807, 2.05) is 6.92 Å². The third-order valence-electron chi connectivity index (χ3n) is 2.66. The van der Waals surface area contributed by atoms with Crippen LogP contribution in [0.5, 0.6) is 0 Å². The van der Waals surface area contributed by atoms with Gasteiger partial charge in [-0.05, 0) is 37.5 Å². The van der Waals surface area contributed by atoms with Crippen LogP contribution in [0.25, 0.3) is 0 Å². The van der Waals surface area contributed by atoms with Crippen LogP contribution in [0, 0.1) is 5.92 Å². The van der Waals surface area contributed by atoms with Gasteiger partial charge < -0.3 is 15.7 Å². The molecule has 1 aromatic carbocycles. The van der Waals surface area contributed by atoms with E-state index in [1.54, 1.807) is 0 Å². The molecule has 0 spiro atoms. The fraction of sp³-hybridized carbons (Fsp3) is 0.429. The van der Waals surface area contributed by atoms with Gasteiger partial charge in [0.15, 0.2) is 0 Å². The first-order valence-corrected chi connectivity index (χ1v) is 6.77. The molecule has 0 aliphatic rings. The molecule has 0 heterocycles. The van der Waals surface area contributed by atoms with Crippen LogP contribution >= 0.6 is 11.6 Å². The molecule has 1 atom stereocenters. The first kappa shape index (κ1) is 16.3. The van der Waals surface area contributed by atoms with Gasteiger partial charge in [-0.3, -0.25) is 0 Å². The van der Waals surface area contributed by atoms with Crippen molar-refractivity contribution >= 4 is 29.3 Å². The highest BCUT2D eigenvalue weighted by atomic mass is 35.5. The summed E-state index contributed by atoms with van der Waals surface area (Å²) in [6.07, 6.45) is 0.842. The summed E-state index contributed by atoms with van der Waals surface area (Å²) in [7, 11) is 0. The molecule has 110 valence electrons. The molecule has 0 saturated heterocycles. The SMILES string of the molecule is CC(C)CC(C)NC(=O)Nc1cc(Cl)ccc1C(=O)O. The molecule has 0 saturated carbocycles. The lowest BCUT2D eigenvalue weighted by Crippen LogP contribution is -2.37. The van der Waals surface area contributed by atoms with Gasteiger partial charge in [-0.15, -0.1) is 0 Å². The van der Waals surface area contributed by atoms with Crippen LogP contribution < -0.4 is 10.6 Å². The van der Waals surface area contributed by atoms with Crippen LogP contribution in [0.1, 0.15) is 37.6 Å². The quantitative estimate of drug-likeness (QED) is 0.777. The third kappa shape index (κ3) is 5.09. The molecule has 5 nitrogen and oxygen atoms in total.